The van der Waals surface area contributed by atoms with Crippen molar-refractivity contribution in [1.82, 2.24) is 9.55 Å². The van der Waals surface area contributed by atoms with E-state index in [-0.39, 0.29) is 18.0 Å². The number of carboxylic acids is 1. The van der Waals surface area contributed by atoms with Crippen molar-refractivity contribution in [3.05, 3.63) is 59.9 Å². The van der Waals surface area contributed by atoms with Gasteiger partial charge in [0, 0.05) is 5.69 Å². The molecule has 0 aliphatic rings. The van der Waals surface area contributed by atoms with Gasteiger partial charge in [-0.05, 0) is 43.3 Å². The van der Waals surface area contributed by atoms with Gasteiger partial charge in [0.2, 0.25) is 5.91 Å². The highest BCUT2D eigenvalue weighted by molar-refractivity contribution is 5.93. The molecule has 0 aliphatic carbocycles. The van der Waals surface area contributed by atoms with Gasteiger partial charge in [0.25, 0.3) is 0 Å². The molecule has 2 N–H and O–H groups in total. The molecule has 6 heteroatoms. The molecular weight excluding hydrogens is 294 g/mol. The number of imidazole rings is 1. The van der Waals surface area contributed by atoms with Crippen molar-refractivity contribution in [2.75, 3.05) is 5.32 Å². The number of carbonyl (C=O) groups excluding carboxylic acids is 1. The average molecular weight is 309 g/mol. The second kappa shape index (κ2) is 5.92. The predicted octanol–water partition coefficient (Wildman–Crippen LogP) is 2.68. The number of hydrogen-bond acceptors (Lipinski definition) is 3. The van der Waals surface area contributed by atoms with Gasteiger partial charge in [-0.15, -0.1) is 0 Å². The highest BCUT2D eigenvalue weighted by atomic mass is 16.4. The van der Waals surface area contributed by atoms with Crippen molar-refractivity contribution in [1.29, 1.82) is 0 Å². The number of para-hydroxylation sites is 2. The van der Waals surface area contributed by atoms with Crippen LogP contribution in [0.25, 0.3) is 11.0 Å². The van der Waals surface area contributed by atoms with Crippen molar-refractivity contribution in [3.63, 3.8) is 0 Å². The van der Waals surface area contributed by atoms with Gasteiger partial charge in [-0.25, -0.2) is 9.78 Å². The van der Waals surface area contributed by atoms with E-state index in [1.165, 1.54) is 12.1 Å². The van der Waals surface area contributed by atoms with E-state index in [1.54, 1.807) is 12.1 Å². The van der Waals surface area contributed by atoms with Crippen LogP contribution in [0.1, 0.15) is 16.2 Å². The van der Waals surface area contributed by atoms with Crippen LogP contribution in [0.15, 0.2) is 48.5 Å². The van der Waals surface area contributed by atoms with Crippen molar-refractivity contribution in [2.24, 2.45) is 0 Å². The molecule has 0 fully saturated rings. The normalized spacial score (nSPS) is 10.7. The number of aromatic carboxylic acids is 1. The summed E-state index contributed by atoms with van der Waals surface area (Å²) in [6.07, 6.45) is 0. The Labute approximate surface area is 132 Å². The van der Waals surface area contributed by atoms with Gasteiger partial charge < -0.3 is 15.0 Å². The van der Waals surface area contributed by atoms with Gasteiger partial charge in [0.15, 0.2) is 0 Å². The largest absolute Gasteiger partial charge is 0.478 e. The number of rotatable bonds is 4. The summed E-state index contributed by atoms with van der Waals surface area (Å²) in [5, 5.41) is 11.6. The van der Waals surface area contributed by atoms with Crippen molar-refractivity contribution >= 4 is 28.6 Å². The molecule has 0 saturated heterocycles. The maximum absolute atomic E-state index is 12.2. The van der Waals surface area contributed by atoms with E-state index in [0.29, 0.717) is 5.69 Å². The van der Waals surface area contributed by atoms with Crippen molar-refractivity contribution < 1.29 is 14.7 Å². The SMILES string of the molecule is Cc1nc2ccccc2n1CC(=O)Nc1ccc(C(=O)O)cc1. The highest BCUT2D eigenvalue weighted by Gasteiger charge is 2.11. The molecule has 2 aromatic carbocycles. The molecule has 116 valence electrons. The zero-order valence-electron chi connectivity index (χ0n) is 12.5. The first-order valence-corrected chi connectivity index (χ1v) is 7.09. The Morgan fingerprint density at radius 1 is 1.13 bits per heavy atom. The second-order valence-corrected chi connectivity index (χ2v) is 5.16. The first-order valence-electron chi connectivity index (χ1n) is 7.09. The van der Waals surface area contributed by atoms with Crippen LogP contribution in [0, 0.1) is 6.92 Å². The number of hydrogen-bond donors (Lipinski definition) is 2. The number of aromatic nitrogens is 2. The summed E-state index contributed by atoms with van der Waals surface area (Å²) in [5.41, 5.74) is 2.49. The minimum absolute atomic E-state index is 0.146. The Morgan fingerprint density at radius 3 is 2.52 bits per heavy atom. The van der Waals surface area contributed by atoms with E-state index in [4.69, 9.17) is 5.11 Å². The molecule has 1 aromatic heterocycles. The van der Waals surface area contributed by atoms with Crippen molar-refractivity contribution in [3.8, 4) is 0 Å². The predicted molar refractivity (Wildman–Crippen MR) is 86.5 cm³/mol. The summed E-state index contributed by atoms with van der Waals surface area (Å²) in [5.74, 6) is -0.426. The van der Waals surface area contributed by atoms with E-state index in [1.807, 2.05) is 35.8 Å². The number of nitrogens with one attached hydrogen (secondary N) is 1. The summed E-state index contributed by atoms with van der Waals surface area (Å²) < 4.78 is 1.84. The van der Waals surface area contributed by atoms with Gasteiger partial charge in [0.05, 0.1) is 16.6 Å². The van der Waals surface area contributed by atoms with Crippen LogP contribution in [-0.4, -0.2) is 26.5 Å². The minimum atomic E-state index is -0.997. The van der Waals surface area contributed by atoms with Gasteiger partial charge in [-0.2, -0.15) is 0 Å². The number of carboxylic acid groups (broad SMARTS) is 1. The third-order valence-electron chi connectivity index (χ3n) is 3.56. The first-order chi connectivity index (χ1) is 11.0. The standard InChI is InChI=1S/C17H15N3O3/c1-11-18-14-4-2-3-5-15(14)20(11)10-16(21)19-13-8-6-12(7-9-13)17(22)23/h2-9H,10H2,1H3,(H,19,21)(H,22,23). The van der Waals surface area contributed by atoms with Crippen molar-refractivity contribution in [2.45, 2.75) is 13.5 Å². The Balaban J connectivity index is 1.76. The highest BCUT2D eigenvalue weighted by Crippen LogP contribution is 2.16. The Hall–Kier alpha value is -3.15. The molecule has 0 aliphatic heterocycles. The molecular formula is C17H15N3O3. The monoisotopic (exact) mass is 309 g/mol. The molecule has 0 radical (unpaired) electrons. The molecule has 0 atom stereocenters. The Kier molecular flexibility index (Phi) is 3.80. The second-order valence-electron chi connectivity index (χ2n) is 5.16. The van der Waals surface area contributed by atoms with Crippen LogP contribution < -0.4 is 5.32 Å². The molecule has 6 nitrogen and oxygen atoms in total. The lowest BCUT2D eigenvalue weighted by Crippen LogP contribution is -2.19. The number of amides is 1. The third kappa shape index (κ3) is 3.06. The molecule has 0 unspecified atom stereocenters. The maximum Gasteiger partial charge on any atom is 0.335 e. The zero-order chi connectivity index (χ0) is 16.4. The topological polar surface area (TPSA) is 84.2 Å². The summed E-state index contributed by atoms with van der Waals surface area (Å²) >= 11 is 0. The van der Waals surface area contributed by atoms with E-state index < -0.39 is 5.97 Å². The molecule has 1 heterocycles. The van der Waals surface area contributed by atoms with Crippen LogP contribution in [0.4, 0.5) is 5.69 Å². The fourth-order valence-electron chi connectivity index (χ4n) is 2.44. The van der Waals surface area contributed by atoms with Gasteiger partial charge in [-0.1, -0.05) is 12.1 Å². The zero-order valence-corrected chi connectivity index (χ0v) is 12.5. The van der Waals surface area contributed by atoms with Crippen LogP contribution in [0.2, 0.25) is 0 Å². The number of aryl methyl sites for hydroxylation is 1. The van der Waals surface area contributed by atoms with E-state index in [2.05, 4.69) is 10.3 Å². The Bertz CT molecular complexity index is 882. The smallest absolute Gasteiger partial charge is 0.335 e. The maximum atomic E-state index is 12.2. The lowest BCUT2D eigenvalue weighted by molar-refractivity contribution is -0.116. The number of carbonyl (C=O) groups is 2. The third-order valence-corrected chi connectivity index (χ3v) is 3.56. The first kappa shape index (κ1) is 14.8. The van der Waals surface area contributed by atoms with E-state index >= 15 is 0 Å². The van der Waals surface area contributed by atoms with Gasteiger partial charge >= 0.3 is 5.97 Å². The van der Waals surface area contributed by atoms with Crippen LogP contribution in [0.3, 0.4) is 0 Å². The Morgan fingerprint density at radius 2 is 1.83 bits per heavy atom. The van der Waals surface area contributed by atoms with Crippen LogP contribution in [-0.2, 0) is 11.3 Å². The molecule has 0 saturated carbocycles. The lowest BCUT2D eigenvalue weighted by Gasteiger charge is -2.08. The lowest BCUT2D eigenvalue weighted by atomic mass is 10.2. The van der Waals surface area contributed by atoms with E-state index in [9.17, 15) is 9.59 Å². The summed E-state index contributed by atoms with van der Waals surface area (Å²) in [6, 6.07) is 13.7. The molecule has 0 bridgehead atoms. The average Bonchev–Trinajstić information content (AvgIpc) is 2.84. The fourth-order valence-corrected chi connectivity index (χ4v) is 2.44. The minimum Gasteiger partial charge on any atom is -0.478 e. The fraction of sp³-hybridized carbons (Fsp3) is 0.118. The number of benzene rings is 2. The molecule has 3 rings (SSSR count). The van der Waals surface area contributed by atoms with E-state index in [0.717, 1.165) is 16.9 Å². The van der Waals surface area contributed by atoms with Crippen LogP contribution >= 0.6 is 0 Å². The van der Waals surface area contributed by atoms with Gasteiger partial charge in [-0.3, -0.25) is 4.79 Å². The molecule has 1 amide bonds. The number of anilines is 1. The summed E-state index contributed by atoms with van der Waals surface area (Å²) in [4.78, 5) is 27.5. The summed E-state index contributed by atoms with van der Waals surface area (Å²) in [7, 11) is 0. The molecule has 23 heavy (non-hydrogen) atoms. The molecule has 0 spiro atoms. The van der Waals surface area contributed by atoms with Crippen LogP contribution in [0.5, 0.6) is 0 Å². The quantitative estimate of drug-likeness (QED) is 0.776. The van der Waals surface area contributed by atoms with Gasteiger partial charge in [0.1, 0.15) is 12.4 Å². The molecule has 3 aromatic rings. The number of fused-ring (bicyclic) bond motifs is 1. The summed E-state index contributed by atoms with van der Waals surface area (Å²) in [6.45, 7) is 2.00. The number of nitrogens with zero attached hydrogens (tertiary/aromatic N) is 2.